The van der Waals surface area contributed by atoms with Crippen molar-refractivity contribution in [1.29, 1.82) is 0 Å². The van der Waals surface area contributed by atoms with Crippen LogP contribution in [-0.2, 0) is 6.54 Å². The molecule has 8 nitrogen and oxygen atoms in total. The van der Waals surface area contributed by atoms with E-state index in [1.807, 2.05) is 30.3 Å². The Morgan fingerprint density at radius 1 is 1.16 bits per heavy atom. The second-order valence-corrected chi connectivity index (χ2v) is 8.10. The number of aromatic amines is 1. The molecule has 0 radical (unpaired) electrons. The van der Waals surface area contributed by atoms with Gasteiger partial charge in [0.05, 0.1) is 39.0 Å². The van der Waals surface area contributed by atoms with Crippen LogP contribution in [0.25, 0.3) is 21.9 Å². The highest BCUT2D eigenvalue weighted by molar-refractivity contribution is 6.04. The zero-order valence-electron chi connectivity index (χ0n) is 18.2. The minimum Gasteiger partial charge on any atom is -0.497 e. The number of fused-ring (bicyclic) bond motifs is 3. The van der Waals surface area contributed by atoms with Crippen molar-refractivity contribution in [3.8, 4) is 11.5 Å². The van der Waals surface area contributed by atoms with Gasteiger partial charge in [-0.3, -0.25) is 4.79 Å². The van der Waals surface area contributed by atoms with Gasteiger partial charge in [-0.15, -0.1) is 0 Å². The maximum atomic E-state index is 13.0. The first-order chi connectivity index (χ1) is 15.7. The topological polar surface area (TPSA) is 85.9 Å². The molecule has 1 saturated heterocycles. The summed E-state index contributed by atoms with van der Waals surface area (Å²) in [5.41, 5.74) is 3.65. The number of aromatic nitrogens is 3. The van der Waals surface area contributed by atoms with Crippen molar-refractivity contribution in [2.24, 2.45) is 5.10 Å². The predicted molar refractivity (Wildman–Crippen MR) is 124 cm³/mol. The number of hydrogen-bond donors (Lipinski definition) is 2. The van der Waals surface area contributed by atoms with Crippen molar-refractivity contribution in [3.63, 3.8) is 0 Å². The number of quaternary nitrogens is 1. The monoisotopic (exact) mass is 432 g/mol. The molecule has 0 saturated carbocycles. The summed E-state index contributed by atoms with van der Waals surface area (Å²) in [6.45, 7) is 3.31. The van der Waals surface area contributed by atoms with Crippen molar-refractivity contribution < 1.29 is 14.4 Å². The minimum absolute atomic E-state index is 0.253. The minimum atomic E-state index is -0.253. The number of nitrogens with zero attached hydrogens (tertiary/aromatic N) is 3. The van der Waals surface area contributed by atoms with Crippen LogP contribution in [0.5, 0.6) is 11.5 Å². The molecule has 1 aliphatic heterocycles. The van der Waals surface area contributed by atoms with E-state index in [1.165, 1.54) is 36.9 Å². The highest BCUT2D eigenvalue weighted by Crippen LogP contribution is 2.25. The number of methoxy groups -OCH3 is 2. The van der Waals surface area contributed by atoms with Crippen molar-refractivity contribution in [1.82, 2.24) is 14.6 Å². The maximum Gasteiger partial charge on any atom is 0.298 e. The smallest absolute Gasteiger partial charge is 0.298 e. The van der Waals surface area contributed by atoms with E-state index < -0.39 is 0 Å². The molecule has 2 aromatic carbocycles. The lowest BCUT2D eigenvalue weighted by atomic mass is 10.1. The van der Waals surface area contributed by atoms with Crippen LogP contribution in [0.1, 0.15) is 24.0 Å². The summed E-state index contributed by atoms with van der Waals surface area (Å²) >= 11 is 0. The van der Waals surface area contributed by atoms with Gasteiger partial charge < -0.3 is 19.4 Å². The summed E-state index contributed by atoms with van der Waals surface area (Å²) in [4.78, 5) is 22.2. The van der Waals surface area contributed by atoms with E-state index >= 15 is 0 Å². The Labute approximate surface area is 185 Å². The van der Waals surface area contributed by atoms with Crippen LogP contribution in [0.2, 0.25) is 0 Å². The fourth-order valence-electron chi connectivity index (χ4n) is 4.41. The standard InChI is InChI=1S/C24H25N5O3/c1-31-18-6-7-19-20(12-18)27-23-22(19)25-15-29(24(23)30)26-13-16-5-8-21(32-2)17(11-16)14-28-9-3-4-10-28/h5-8,11-13,15,27H,3-4,9-10,14H2,1-2H3/p+1/b26-13-. The van der Waals surface area contributed by atoms with Gasteiger partial charge in [0, 0.05) is 29.9 Å². The third kappa shape index (κ3) is 3.73. The first-order valence-electron chi connectivity index (χ1n) is 10.8. The van der Waals surface area contributed by atoms with Gasteiger partial charge in [-0.25, -0.2) is 4.98 Å². The molecular formula is C24H26N5O3+. The van der Waals surface area contributed by atoms with Crippen LogP contribution in [0.15, 0.2) is 52.6 Å². The molecule has 0 spiro atoms. The van der Waals surface area contributed by atoms with Crippen LogP contribution in [0.3, 0.4) is 0 Å². The fourth-order valence-corrected chi connectivity index (χ4v) is 4.41. The largest absolute Gasteiger partial charge is 0.497 e. The van der Waals surface area contributed by atoms with Crippen molar-refractivity contribution in [3.05, 3.63) is 64.2 Å². The number of nitrogens with one attached hydrogen (secondary N) is 2. The van der Waals surface area contributed by atoms with Gasteiger partial charge in [0.1, 0.15) is 35.4 Å². The summed E-state index contributed by atoms with van der Waals surface area (Å²) in [5.74, 6) is 1.60. The number of benzene rings is 2. The summed E-state index contributed by atoms with van der Waals surface area (Å²) in [7, 11) is 3.31. The lowest BCUT2D eigenvalue weighted by Crippen LogP contribution is -3.08. The molecule has 8 heteroatoms. The van der Waals surface area contributed by atoms with Crippen molar-refractivity contribution >= 4 is 28.2 Å². The van der Waals surface area contributed by atoms with E-state index in [0.717, 1.165) is 34.3 Å². The van der Waals surface area contributed by atoms with E-state index in [0.29, 0.717) is 16.8 Å². The third-order valence-electron chi connectivity index (χ3n) is 6.08. The van der Waals surface area contributed by atoms with E-state index in [1.54, 1.807) is 25.3 Å². The van der Waals surface area contributed by atoms with Gasteiger partial charge in [-0.1, -0.05) is 0 Å². The number of ether oxygens (including phenoxy) is 2. The first-order valence-corrected chi connectivity index (χ1v) is 10.8. The number of hydrogen-bond acceptors (Lipinski definition) is 5. The summed E-state index contributed by atoms with van der Waals surface area (Å²) < 4.78 is 12.1. The first kappa shape index (κ1) is 20.3. The van der Waals surface area contributed by atoms with Crippen molar-refractivity contribution in [2.45, 2.75) is 19.4 Å². The van der Waals surface area contributed by atoms with Gasteiger partial charge in [0.15, 0.2) is 0 Å². The van der Waals surface area contributed by atoms with E-state index in [9.17, 15) is 4.79 Å². The van der Waals surface area contributed by atoms with Gasteiger partial charge in [-0.05, 0) is 35.9 Å². The predicted octanol–water partition coefficient (Wildman–Crippen LogP) is 1.96. The van der Waals surface area contributed by atoms with Crippen LogP contribution in [0.4, 0.5) is 0 Å². The Morgan fingerprint density at radius 3 is 2.78 bits per heavy atom. The quantitative estimate of drug-likeness (QED) is 0.456. The molecule has 0 bridgehead atoms. The Hall–Kier alpha value is -3.65. The van der Waals surface area contributed by atoms with Gasteiger partial charge in [0.25, 0.3) is 5.56 Å². The molecule has 2 aromatic heterocycles. The Morgan fingerprint density at radius 2 is 2.00 bits per heavy atom. The molecule has 0 amide bonds. The summed E-state index contributed by atoms with van der Waals surface area (Å²) in [6.07, 6.45) is 5.69. The SMILES string of the molecule is COc1ccc2c(c1)[nH]c1c(=O)n(/N=C\c3ccc(OC)c(C[NH+]4CCCC4)c3)cnc12. The summed E-state index contributed by atoms with van der Waals surface area (Å²) in [5, 5.41) is 5.26. The average molecular weight is 433 g/mol. The molecule has 0 atom stereocenters. The third-order valence-corrected chi connectivity index (χ3v) is 6.08. The lowest BCUT2D eigenvalue weighted by molar-refractivity contribution is -0.901. The van der Waals surface area contributed by atoms with Gasteiger partial charge >= 0.3 is 0 Å². The number of likely N-dealkylation sites (tertiary alicyclic amines) is 1. The Bertz CT molecular complexity index is 1370. The molecule has 1 aliphatic rings. The normalized spacial score (nSPS) is 14.7. The highest BCUT2D eigenvalue weighted by atomic mass is 16.5. The molecule has 5 rings (SSSR count). The van der Waals surface area contributed by atoms with E-state index in [4.69, 9.17) is 9.47 Å². The molecule has 164 valence electrons. The molecular weight excluding hydrogens is 406 g/mol. The van der Waals surface area contributed by atoms with Crippen LogP contribution in [-0.4, -0.2) is 48.2 Å². The number of H-pyrrole nitrogens is 1. The summed E-state index contributed by atoms with van der Waals surface area (Å²) in [6, 6.07) is 11.6. The van der Waals surface area contributed by atoms with Crippen LogP contribution >= 0.6 is 0 Å². The van der Waals surface area contributed by atoms with E-state index in [2.05, 4.69) is 21.1 Å². The highest BCUT2D eigenvalue weighted by Gasteiger charge is 2.18. The van der Waals surface area contributed by atoms with Gasteiger partial charge in [-0.2, -0.15) is 9.78 Å². The molecule has 32 heavy (non-hydrogen) atoms. The van der Waals surface area contributed by atoms with E-state index in [-0.39, 0.29) is 5.56 Å². The Kier molecular flexibility index (Phi) is 5.36. The van der Waals surface area contributed by atoms with Crippen molar-refractivity contribution in [2.75, 3.05) is 27.3 Å². The molecule has 0 aliphatic carbocycles. The number of rotatable bonds is 6. The van der Waals surface area contributed by atoms with Gasteiger partial charge in [0.2, 0.25) is 0 Å². The second kappa shape index (κ2) is 8.47. The molecule has 4 aromatic rings. The maximum absolute atomic E-state index is 13.0. The molecule has 2 N–H and O–H groups in total. The second-order valence-electron chi connectivity index (χ2n) is 8.10. The zero-order chi connectivity index (χ0) is 22.1. The molecule has 1 fully saturated rings. The van der Waals surface area contributed by atoms with Crippen LogP contribution in [0, 0.1) is 0 Å². The molecule has 0 unspecified atom stereocenters. The Balaban J connectivity index is 1.47. The van der Waals surface area contributed by atoms with Crippen LogP contribution < -0.4 is 19.9 Å². The fraction of sp³-hybridized carbons (Fsp3) is 0.292. The average Bonchev–Trinajstić information content (AvgIpc) is 3.46. The lowest BCUT2D eigenvalue weighted by Gasteiger charge is -2.15. The molecule has 3 heterocycles. The zero-order valence-corrected chi connectivity index (χ0v) is 18.2.